The molecule has 0 aliphatic carbocycles. The van der Waals surface area contributed by atoms with Crippen molar-refractivity contribution in [2.75, 3.05) is 0 Å². The second kappa shape index (κ2) is 6.92. The molecule has 0 fully saturated rings. The van der Waals surface area contributed by atoms with E-state index in [0.717, 1.165) is 15.4 Å². The van der Waals surface area contributed by atoms with Crippen LogP contribution in [0, 0.1) is 0 Å². The van der Waals surface area contributed by atoms with Crippen LogP contribution in [0.3, 0.4) is 0 Å². The van der Waals surface area contributed by atoms with Crippen molar-refractivity contribution in [1.82, 2.24) is 4.98 Å². The molecule has 0 amide bonds. The molecule has 0 saturated carbocycles. The molecule has 0 unspecified atom stereocenters. The fourth-order valence-electron chi connectivity index (χ4n) is 2.19. The van der Waals surface area contributed by atoms with Gasteiger partial charge in [0.05, 0.1) is 11.2 Å². The van der Waals surface area contributed by atoms with Gasteiger partial charge in [-0.2, -0.15) is 0 Å². The first-order valence-electron chi connectivity index (χ1n) is 6.90. The molecule has 3 aromatic rings. The van der Waals surface area contributed by atoms with Gasteiger partial charge in [-0.15, -0.1) is 0 Å². The zero-order chi connectivity index (χ0) is 16.2. The monoisotopic (exact) mass is 373 g/mol. The van der Waals surface area contributed by atoms with Gasteiger partial charge in [0.15, 0.2) is 0 Å². The van der Waals surface area contributed by atoms with Gasteiger partial charge in [0.2, 0.25) is 0 Å². The van der Waals surface area contributed by atoms with E-state index in [9.17, 15) is 8.63 Å². The van der Waals surface area contributed by atoms with Crippen molar-refractivity contribution < 1.29 is 13.3 Å². The minimum absolute atomic E-state index is 0.0790. The third-order valence-corrected chi connectivity index (χ3v) is 3.77. The van der Waals surface area contributed by atoms with Gasteiger partial charge in [0, 0.05) is 21.5 Å². The molecule has 0 N–H and O–H groups in total. The summed E-state index contributed by atoms with van der Waals surface area (Å²) in [5, 5.41) is 0.990. The van der Waals surface area contributed by atoms with Crippen LogP contribution >= 0.6 is 15.9 Å². The Morgan fingerprint density at radius 3 is 2.48 bits per heavy atom. The molecule has 0 spiro atoms. The zero-order valence-corrected chi connectivity index (χ0v) is 13.5. The normalized spacial score (nSPS) is 11.5. The van der Waals surface area contributed by atoms with Crippen LogP contribution in [0.15, 0.2) is 65.1 Å². The molecular formula is C17H11BBrF2NO. The van der Waals surface area contributed by atoms with Gasteiger partial charge < -0.3 is 4.65 Å². The van der Waals surface area contributed by atoms with Crippen molar-refractivity contribution in [3.63, 3.8) is 0 Å². The van der Waals surface area contributed by atoms with E-state index in [1.54, 1.807) is 30.3 Å². The fraction of sp³-hybridized carbons (Fsp3) is 0. The van der Waals surface area contributed by atoms with Crippen molar-refractivity contribution >= 4 is 46.1 Å². The molecule has 1 heterocycles. The van der Waals surface area contributed by atoms with Crippen LogP contribution in [0.25, 0.3) is 22.7 Å². The molecule has 2 aromatic carbocycles. The quantitative estimate of drug-likeness (QED) is 0.449. The van der Waals surface area contributed by atoms with Crippen LogP contribution < -0.4 is 0 Å². The van der Waals surface area contributed by atoms with Crippen molar-refractivity contribution in [3.8, 4) is 0 Å². The number of hydrogen-bond acceptors (Lipinski definition) is 2. The Hall–Kier alpha value is -2.21. The Bertz CT molecular complexity index is 853. The average Bonchev–Trinajstić information content (AvgIpc) is 2.54. The maximum Gasteiger partial charge on any atom is 0.796 e. The highest BCUT2D eigenvalue weighted by Crippen LogP contribution is 2.23. The molecule has 0 atom stereocenters. The predicted molar refractivity (Wildman–Crippen MR) is 92.8 cm³/mol. The van der Waals surface area contributed by atoms with Gasteiger partial charge in [-0.3, -0.25) is 0 Å². The van der Waals surface area contributed by atoms with E-state index in [1.807, 2.05) is 30.3 Å². The number of para-hydroxylation sites is 1. The van der Waals surface area contributed by atoms with E-state index in [1.165, 1.54) is 6.08 Å². The number of rotatable bonds is 4. The van der Waals surface area contributed by atoms with Crippen molar-refractivity contribution in [1.29, 1.82) is 0 Å². The van der Waals surface area contributed by atoms with Crippen molar-refractivity contribution in [3.05, 3.63) is 76.4 Å². The average molecular weight is 374 g/mol. The first-order valence-corrected chi connectivity index (χ1v) is 7.69. The summed E-state index contributed by atoms with van der Waals surface area (Å²) in [7, 11) is -2.90. The maximum atomic E-state index is 12.7. The minimum Gasteiger partial charge on any atom is -0.505 e. The molecular weight excluding hydrogens is 363 g/mol. The van der Waals surface area contributed by atoms with E-state index in [2.05, 4.69) is 25.6 Å². The second-order valence-corrected chi connectivity index (χ2v) is 5.74. The lowest BCUT2D eigenvalue weighted by Crippen LogP contribution is -2.04. The van der Waals surface area contributed by atoms with Crippen molar-refractivity contribution in [2.45, 2.75) is 0 Å². The Morgan fingerprint density at radius 2 is 1.74 bits per heavy atom. The van der Waals surface area contributed by atoms with E-state index in [-0.39, 0.29) is 5.76 Å². The zero-order valence-electron chi connectivity index (χ0n) is 11.9. The van der Waals surface area contributed by atoms with Crippen LogP contribution in [0.4, 0.5) is 8.63 Å². The summed E-state index contributed by atoms with van der Waals surface area (Å²) in [6, 6.07) is 18.3. The highest BCUT2D eigenvalue weighted by molar-refractivity contribution is 9.10. The Kier molecular flexibility index (Phi) is 4.72. The first-order chi connectivity index (χ1) is 11.1. The fourth-order valence-corrected chi connectivity index (χ4v) is 2.46. The summed E-state index contributed by atoms with van der Waals surface area (Å²) in [6.45, 7) is 0. The smallest absolute Gasteiger partial charge is 0.505 e. The first kappa shape index (κ1) is 15.7. The van der Waals surface area contributed by atoms with Crippen LogP contribution in [-0.4, -0.2) is 12.5 Å². The summed E-state index contributed by atoms with van der Waals surface area (Å²) in [5.41, 5.74) is 1.92. The molecule has 0 aliphatic heterocycles. The van der Waals surface area contributed by atoms with Crippen LogP contribution in [0.2, 0.25) is 0 Å². The number of fused-ring (bicyclic) bond motifs is 1. The molecule has 114 valence electrons. The number of pyridine rings is 1. The summed E-state index contributed by atoms with van der Waals surface area (Å²) in [5.74, 6) is 0.0790. The lowest BCUT2D eigenvalue weighted by Gasteiger charge is -2.09. The van der Waals surface area contributed by atoms with Gasteiger partial charge in [0.1, 0.15) is 5.76 Å². The molecule has 1 aromatic heterocycles. The largest absolute Gasteiger partial charge is 0.796 e. The van der Waals surface area contributed by atoms with Gasteiger partial charge in [0.25, 0.3) is 0 Å². The highest BCUT2D eigenvalue weighted by Gasteiger charge is 2.20. The number of benzene rings is 2. The third-order valence-electron chi connectivity index (χ3n) is 3.24. The van der Waals surface area contributed by atoms with Crippen LogP contribution in [0.1, 0.15) is 11.3 Å². The van der Waals surface area contributed by atoms with E-state index in [4.69, 9.17) is 0 Å². The van der Waals surface area contributed by atoms with Gasteiger partial charge >= 0.3 is 7.47 Å². The molecule has 6 heteroatoms. The number of nitrogens with zero attached hydrogens (tertiary/aromatic N) is 1. The molecule has 23 heavy (non-hydrogen) atoms. The molecule has 0 bridgehead atoms. The topological polar surface area (TPSA) is 22.1 Å². The molecule has 3 rings (SSSR count). The maximum absolute atomic E-state index is 12.7. The van der Waals surface area contributed by atoms with Crippen LogP contribution in [-0.2, 0) is 4.65 Å². The molecule has 0 aliphatic rings. The summed E-state index contributed by atoms with van der Waals surface area (Å²) < 4.78 is 31.0. The lowest BCUT2D eigenvalue weighted by atomic mass is 10.1. The van der Waals surface area contributed by atoms with Gasteiger partial charge in [-0.05, 0) is 24.3 Å². The molecule has 0 radical (unpaired) electrons. The Morgan fingerprint density at radius 1 is 1.00 bits per heavy atom. The summed E-state index contributed by atoms with van der Waals surface area (Å²) in [4.78, 5) is 4.45. The van der Waals surface area contributed by atoms with Gasteiger partial charge in [-0.25, -0.2) is 13.6 Å². The third kappa shape index (κ3) is 3.96. The summed E-state index contributed by atoms with van der Waals surface area (Å²) in [6.07, 6.45) is 1.52. The second-order valence-electron chi connectivity index (χ2n) is 4.82. The highest BCUT2D eigenvalue weighted by atomic mass is 79.9. The SMILES string of the molecule is FB(F)O/C(=C/c1ccc2ccccc2n1)c1ccc(Br)cc1. The van der Waals surface area contributed by atoms with Crippen LogP contribution in [0.5, 0.6) is 0 Å². The minimum atomic E-state index is -2.90. The van der Waals surface area contributed by atoms with Gasteiger partial charge in [-0.1, -0.05) is 52.3 Å². The standard InChI is InChI=1S/C17H11BBrF2NO/c19-14-8-5-13(6-9-14)17(23-18(20)21)11-15-10-7-12-3-1-2-4-16(12)22-15/h1-11H/b17-11+. The number of hydrogen-bond donors (Lipinski definition) is 0. The van der Waals surface area contributed by atoms with E-state index in [0.29, 0.717) is 11.3 Å². The van der Waals surface area contributed by atoms with Crippen molar-refractivity contribution in [2.24, 2.45) is 0 Å². The van der Waals surface area contributed by atoms with E-state index < -0.39 is 7.47 Å². The van der Waals surface area contributed by atoms with E-state index >= 15 is 0 Å². The summed E-state index contributed by atoms with van der Waals surface area (Å²) >= 11 is 3.32. The Balaban J connectivity index is 2.02. The number of aromatic nitrogens is 1. The lowest BCUT2D eigenvalue weighted by molar-refractivity contribution is 0.398. The Labute approximate surface area is 141 Å². The number of halogens is 3. The predicted octanol–water partition coefficient (Wildman–Crippen LogP) is 5.44. The molecule has 2 nitrogen and oxygen atoms in total. The molecule has 0 saturated heterocycles.